The van der Waals surface area contributed by atoms with Crippen LogP contribution in [0.2, 0.25) is 0 Å². The van der Waals surface area contributed by atoms with Crippen molar-refractivity contribution in [3.8, 4) is 17.4 Å². The molecule has 0 bridgehead atoms. The third kappa shape index (κ3) is 6.00. The third-order valence-electron chi connectivity index (χ3n) is 6.47. The predicted octanol–water partition coefficient (Wildman–Crippen LogP) is 5.65. The summed E-state index contributed by atoms with van der Waals surface area (Å²) in [5.74, 6) is 0.880. The van der Waals surface area contributed by atoms with Gasteiger partial charge in [0.1, 0.15) is 30.0 Å². The second-order valence-corrected chi connectivity index (χ2v) is 10.1. The molecule has 1 atom stereocenters. The van der Waals surface area contributed by atoms with E-state index in [1.165, 1.54) is 12.3 Å². The van der Waals surface area contributed by atoms with E-state index < -0.39 is 12.0 Å². The molecule has 5 aromatic rings. The summed E-state index contributed by atoms with van der Waals surface area (Å²) in [6.07, 6.45) is 0.572. The van der Waals surface area contributed by atoms with Crippen LogP contribution >= 0.6 is 0 Å². The number of primary amides is 1. The van der Waals surface area contributed by atoms with Crippen LogP contribution in [0.25, 0.3) is 21.8 Å². The Bertz CT molecular complexity index is 1620. The second-order valence-electron chi connectivity index (χ2n) is 10.1. The number of carbonyl (C=O) groups is 1. The number of benzene rings is 3. The van der Waals surface area contributed by atoms with E-state index in [-0.39, 0.29) is 12.4 Å². The lowest BCUT2D eigenvalue weighted by molar-refractivity contribution is 0.1000. The number of hydrogen-bond acceptors (Lipinski definition) is 6. The van der Waals surface area contributed by atoms with Gasteiger partial charge in [-0.3, -0.25) is 4.79 Å². The molecule has 0 aliphatic carbocycles. The maximum Gasteiger partial charge on any atom is 0.250 e. The normalized spacial score (nSPS) is 12.1. The van der Waals surface area contributed by atoms with Crippen molar-refractivity contribution in [2.75, 3.05) is 24.6 Å². The van der Waals surface area contributed by atoms with Crippen LogP contribution in [0, 0.1) is 11.7 Å². The molecule has 40 heavy (non-hydrogen) atoms. The number of rotatable bonds is 11. The Morgan fingerprint density at radius 2 is 1.82 bits per heavy atom. The minimum absolute atomic E-state index is 0.0446. The number of nitrogens with one attached hydrogen (secondary N) is 1. The molecule has 0 aliphatic rings. The van der Waals surface area contributed by atoms with Gasteiger partial charge in [-0.2, -0.15) is 0 Å². The van der Waals surface area contributed by atoms with Crippen LogP contribution in [0.1, 0.15) is 24.2 Å². The van der Waals surface area contributed by atoms with Gasteiger partial charge in [-0.05, 0) is 54.4 Å². The van der Waals surface area contributed by atoms with Crippen LogP contribution in [0.4, 0.5) is 10.1 Å². The molecular formula is C31H31FN4O4. The van der Waals surface area contributed by atoms with E-state index >= 15 is 0 Å². The van der Waals surface area contributed by atoms with E-state index in [1.807, 2.05) is 48.5 Å². The molecule has 0 aliphatic heterocycles. The highest BCUT2D eigenvalue weighted by molar-refractivity contribution is 6.10. The number of pyridine rings is 1. The van der Waals surface area contributed by atoms with Gasteiger partial charge in [0, 0.05) is 41.9 Å². The maximum absolute atomic E-state index is 14.5. The van der Waals surface area contributed by atoms with Crippen molar-refractivity contribution in [3.05, 3.63) is 90.4 Å². The molecule has 3 aromatic carbocycles. The topological polar surface area (TPSA) is 114 Å². The third-order valence-corrected chi connectivity index (χ3v) is 6.47. The van der Waals surface area contributed by atoms with Crippen molar-refractivity contribution in [2.24, 2.45) is 11.7 Å². The van der Waals surface area contributed by atoms with E-state index in [0.717, 1.165) is 23.1 Å². The summed E-state index contributed by atoms with van der Waals surface area (Å²) in [4.78, 5) is 20.6. The second kappa shape index (κ2) is 11.6. The largest absolute Gasteiger partial charge is 0.490 e. The van der Waals surface area contributed by atoms with Crippen molar-refractivity contribution in [1.82, 2.24) is 9.97 Å². The maximum atomic E-state index is 14.5. The van der Waals surface area contributed by atoms with E-state index in [1.54, 1.807) is 18.2 Å². The molecule has 0 radical (unpaired) electrons. The molecule has 4 N–H and O–H groups in total. The lowest BCUT2D eigenvalue weighted by Gasteiger charge is -2.29. The summed E-state index contributed by atoms with van der Waals surface area (Å²) < 4.78 is 26.3. The van der Waals surface area contributed by atoms with Crippen LogP contribution in [0.15, 0.2) is 79.0 Å². The van der Waals surface area contributed by atoms with Gasteiger partial charge in [-0.25, -0.2) is 9.37 Å². The smallest absolute Gasteiger partial charge is 0.250 e. The monoisotopic (exact) mass is 542 g/mol. The first kappa shape index (κ1) is 27.0. The van der Waals surface area contributed by atoms with E-state index in [2.05, 4.69) is 28.7 Å². The van der Waals surface area contributed by atoms with Crippen molar-refractivity contribution >= 4 is 33.4 Å². The van der Waals surface area contributed by atoms with Gasteiger partial charge in [0.2, 0.25) is 11.8 Å². The van der Waals surface area contributed by atoms with Gasteiger partial charge in [0.05, 0.1) is 16.5 Å². The average molecular weight is 543 g/mol. The van der Waals surface area contributed by atoms with E-state index in [0.29, 0.717) is 46.3 Å². The van der Waals surface area contributed by atoms with Gasteiger partial charge in [-0.15, -0.1) is 0 Å². The molecule has 9 heteroatoms. The van der Waals surface area contributed by atoms with Gasteiger partial charge in [0.15, 0.2) is 0 Å². The fourth-order valence-corrected chi connectivity index (χ4v) is 4.66. The number of H-pyrrole nitrogens is 1. The van der Waals surface area contributed by atoms with Crippen LogP contribution < -0.4 is 20.1 Å². The van der Waals surface area contributed by atoms with Crippen molar-refractivity contribution < 1.29 is 23.8 Å². The Morgan fingerprint density at radius 1 is 1.05 bits per heavy atom. The van der Waals surface area contributed by atoms with Gasteiger partial charge in [-0.1, -0.05) is 32.0 Å². The van der Waals surface area contributed by atoms with Crippen molar-refractivity contribution in [1.29, 1.82) is 0 Å². The quantitative estimate of drug-likeness (QED) is 0.199. The number of nitrogens with two attached hydrogens (primary N) is 1. The lowest BCUT2D eigenvalue weighted by Crippen LogP contribution is -2.37. The first-order chi connectivity index (χ1) is 19.3. The Kier molecular flexibility index (Phi) is 7.84. The van der Waals surface area contributed by atoms with E-state index in [4.69, 9.17) is 15.2 Å². The number of aliphatic hydroxyl groups is 1. The highest BCUT2D eigenvalue weighted by Crippen LogP contribution is 2.34. The van der Waals surface area contributed by atoms with Gasteiger partial charge < -0.3 is 30.2 Å². The number of nitrogens with zero attached hydrogens (tertiary/aromatic N) is 2. The SMILES string of the molecule is CC(C)CN(C[C@H](O)COc1ccc(F)c2[nH]c3ccccc3c12)c1ccc(Oc2ccc(C(N)=O)cn2)cc1. The number of anilines is 1. The number of halogens is 1. The molecule has 0 fully saturated rings. The number of carbonyl (C=O) groups excluding carboxylic acids is 1. The summed E-state index contributed by atoms with van der Waals surface area (Å²) in [6, 6.07) is 21.2. The van der Waals surface area contributed by atoms with Crippen LogP contribution in [0.3, 0.4) is 0 Å². The van der Waals surface area contributed by atoms with Crippen LogP contribution in [0.5, 0.6) is 17.4 Å². The number of aromatic amines is 1. The predicted molar refractivity (Wildman–Crippen MR) is 154 cm³/mol. The molecule has 1 amide bonds. The van der Waals surface area contributed by atoms with Gasteiger partial charge in [0.25, 0.3) is 0 Å². The van der Waals surface area contributed by atoms with Crippen LogP contribution in [-0.4, -0.2) is 46.8 Å². The summed E-state index contributed by atoms with van der Waals surface area (Å²) in [5, 5.41) is 12.5. The highest BCUT2D eigenvalue weighted by Gasteiger charge is 2.18. The number of para-hydroxylation sites is 1. The van der Waals surface area contributed by atoms with E-state index in [9.17, 15) is 14.3 Å². The van der Waals surface area contributed by atoms with Gasteiger partial charge >= 0.3 is 0 Å². The Hall–Kier alpha value is -4.63. The first-order valence-corrected chi connectivity index (χ1v) is 13.1. The summed E-state index contributed by atoms with van der Waals surface area (Å²) in [5.41, 5.74) is 7.68. The molecule has 0 unspecified atom stereocenters. The molecular weight excluding hydrogens is 511 g/mol. The summed E-state index contributed by atoms with van der Waals surface area (Å²) in [6.45, 7) is 5.33. The molecule has 2 heterocycles. The Morgan fingerprint density at radius 3 is 2.52 bits per heavy atom. The highest BCUT2D eigenvalue weighted by atomic mass is 19.1. The zero-order valence-corrected chi connectivity index (χ0v) is 22.3. The molecule has 0 saturated heterocycles. The fourth-order valence-electron chi connectivity index (χ4n) is 4.66. The number of amides is 1. The minimum atomic E-state index is -0.798. The number of ether oxygens (including phenoxy) is 2. The van der Waals surface area contributed by atoms with Crippen molar-refractivity contribution in [3.63, 3.8) is 0 Å². The Balaban J connectivity index is 1.27. The van der Waals surface area contributed by atoms with Crippen molar-refractivity contribution in [2.45, 2.75) is 20.0 Å². The molecule has 0 saturated carbocycles. The van der Waals surface area contributed by atoms with Crippen LogP contribution in [-0.2, 0) is 0 Å². The molecule has 0 spiro atoms. The average Bonchev–Trinajstić information content (AvgIpc) is 3.34. The number of fused-ring (bicyclic) bond motifs is 3. The number of aromatic nitrogens is 2. The first-order valence-electron chi connectivity index (χ1n) is 13.1. The fraction of sp³-hybridized carbons (Fsp3) is 0.226. The number of aliphatic hydroxyl groups excluding tert-OH is 1. The molecule has 206 valence electrons. The Labute approximate surface area is 231 Å². The minimum Gasteiger partial charge on any atom is -0.490 e. The summed E-state index contributed by atoms with van der Waals surface area (Å²) >= 11 is 0. The molecule has 2 aromatic heterocycles. The zero-order chi connectivity index (χ0) is 28.2. The zero-order valence-electron chi connectivity index (χ0n) is 22.3. The molecule has 5 rings (SSSR count). The summed E-state index contributed by atoms with van der Waals surface area (Å²) in [7, 11) is 0. The lowest BCUT2D eigenvalue weighted by atomic mass is 10.1. The standard InChI is InChI=1S/C31H31FN4O4/c1-19(2)16-36(21-8-10-23(11-9-21)40-28-14-7-20(15-34-28)31(33)38)17-22(37)18-39-27-13-12-25(32)30-29(27)24-5-3-4-6-26(24)35-30/h3-15,19,22,35,37H,16-18H2,1-2H3,(H2,33,38)/t22-/m0/s1. The number of hydrogen-bond donors (Lipinski definition) is 3. The molecule has 8 nitrogen and oxygen atoms in total.